The molecule has 5 aromatic carbocycles. The van der Waals surface area contributed by atoms with E-state index in [4.69, 9.17) is 4.74 Å². The molecule has 0 aliphatic carbocycles. The predicted octanol–water partition coefficient (Wildman–Crippen LogP) is 7.92. The average molecular weight is 643 g/mol. The van der Waals surface area contributed by atoms with E-state index in [2.05, 4.69) is 29.6 Å². The molecule has 7 heteroatoms. The van der Waals surface area contributed by atoms with Crippen molar-refractivity contribution >= 4 is 28.7 Å². The van der Waals surface area contributed by atoms with Crippen LogP contribution in [-0.4, -0.2) is 46.6 Å². The Labute approximate surface area is 282 Å². The summed E-state index contributed by atoms with van der Waals surface area (Å²) in [5.74, 6) is -1.48. The van der Waals surface area contributed by atoms with Crippen LogP contribution in [0.1, 0.15) is 37.0 Å². The Hall–Kier alpha value is -5.43. The topological polar surface area (TPSA) is 95.9 Å². The van der Waals surface area contributed by atoms with Crippen molar-refractivity contribution < 1.29 is 24.2 Å². The number of rotatable bonds is 14. The van der Waals surface area contributed by atoms with Crippen LogP contribution in [0, 0.1) is 5.92 Å². The smallest absolute Gasteiger partial charge is 0.330 e. The second-order valence-electron chi connectivity index (χ2n) is 12.6. The van der Waals surface area contributed by atoms with Crippen molar-refractivity contribution in [3.05, 3.63) is 144 Å². The first-order valence-electron chi connectivity index (χ1n) is 16.3. The number of benzene rings is 5. The minimum absolute atomic E-state index is 0.0125. The Morgan fingerprint density at radius 1 is 0.729 bits per heavy atom. The lowest BCUT2D eigenvalue weighted by atomic mass is 9.84. The summed E-state index contributed by atoms with van der Waals surface area (Å²) in [6.07, 6.45) is 0.128. The first-order valence-corrected chi connectivity index (χ1v) is 16.3. The minimum Gasteiger partial charge on any atom is -0.479 e. The maximum atomic E-state index is 13.9. The van der Waals surface area contributed by atoms with Gasteiger partial charge in [-0.3, -0.25) is 4.79 Å². The van der Waals surface area contributed by atoms with E-state index in [1.165, 1.54) is 4.90 Å². The van der Waals surface area contributed by atoms with Crippen molar-refractivity contribution in [3.8, 4) is 11.1 Å². The fraction of sp³-hybridized carbons (Fsp3) is 0.244. The van der Waals surface area contributed by atoms with Gasteiger partial charge in [-0.2, -0.15) is 0 Å². The molecular formula is C41H42N2O5. The van der Waals surface area contributed by atoms with Crippen LogP contribution < -0.4 is 5.32 Å². The first-order chi connectivity index (χ1) is 23.2. The number of carboxylic acid groups (broad SMARTS) is 1. The monoisotopic (exact) mass is 642 g/mol. The molecule has 5 aromatic rings. The third-order valence-corrected chi connectivity index (χ3v) is 8.37. The van der Waals surface area contributed by atoms with E-state index in [1.807, 2.05) is 117 Å². The molecule has 0 saturated carbocycles. The highest BCUT2D eigenvalue weighted by Crippen LogP contribution is 2.30. The molecule has 0 fully saturated rings. The summed E-state index contributed by atoms with van der Waals surface area (Å²) in [6, 6.07) is 40.4. The number of carbonyl (C=O) groups excluding carboxylic acids is 2. The van der Waals surface area contributed by atoms with Gasteiger partial charge in [0.1, 0.15) is 12.1 Å². The quantitative estimate of drug-likeness (QED) is 0.120. The van der Waals surface area contributed by atoms with Crippen molar-refractivity contribution in [1.29, 1.82) is 0 Å². The zero-order valence-electron chi connectivity index (χ0n) is 27.5. The molecule has 246 valence electrons. The SMILES string of the molecule is CC(C)CN(CCC(=O)OCc1ccccc1)C(=O)N[C@@](Cc1ccccc1)(Cc1ccc(-c2cccc3ccccc23)cc1)C(=O)O. The number of urea groups is 1. The maximum Gasteiger partial charge on any atom is 0.330 e. The van der Waals surface area contributed by atoms with Gasteiger partial charge in [-0.05, 0) is 44.5 Å². The van der Waals surface area contributed by atoms with Gasteiger partial charge in [0.05, 0.1) is 6.42 Å². The molecule has 0 aromatic heterocycles. The number of hydrogen-bond acceptors (Lipinski definition) is 4. The van der Waals surface area contributed by atoms with Gasteiger partial charge in [-0.1, -0.05) is 141 Å². The summed E-state index contributed by atoms with van der Waals surface area (Å²) >= 11 is 0. The summed E-state index contributed by atoms with van der Waals surface area (Å²) < 4.78 is 5.43. The Balaban J connectivity index is 1.37. The van der Waals surface area contributed by atoms with Crippen molar-refractivity contribution in [3.63, 3.8) is 0 Å². The van der Waals surface area contributed by atoms with E-state index >= 15 is 0 Å². The van der Waals surface area contributed by atoms with Gasteiger partial charge in [-0.15, -0.1) is 0 Å². The van der Waals surface area contributed by atoms with Gasteiger partial charge in [0.15, 0.2) is 0 Å². The lowest BCUT2D eigenvalue weighted by molar-refractivity contribution is -0.146. The van der Waals surface area contributed by atoms with Crippen LogP contribution in [0.15, 0.2) is 127 Å². The van der Waals surface area contributed by atoms with Crippen molar-refractivity contribution in [1.82, 2.24) is 10.2 Å². The molecule has 48 heavy (non-hydrogen) atoms. The Morgan fingerprint density at radius 3 is 1.96 bits per heavy atom. The molecule has 2 N–H and O–H groups in total. The zero-order valence-corrected chi connectivity index (χ0v) is 27.5. The zero-order chi connectivity index (χ0) is 33.9. The molecule has 0 spiro atoms. The number of nitrogens with zero attached hydrogens (tertiary/aromatic N) is 1. The van der Waals surface area contributed by atoms with Crippen molar-refractivity contribution in [2.75, 3.05) is 13.1 Å². The molecule has 0 unspecified atom stereocenters. The lowest BCUT2D eigenvalue weighted by Crippen LogP contribution is -2.61. The number of esters is 1. The number of carboxylic acids is 1. The Kier molecular flexibility index (Phi) is 11.2. The van der Waals surface area contributed by atoms with Crippen molar-refractivity contribution in [2.45, 2.75) is 45.3 Å². The summed E-state index contributed by atoms with van der Waals surface area (Å²) in [5.41, 5.74) is 2.90. The van der Waals surface area contributed by atoms with Crippen LogP contribution in [0.3, 0.4) is 0 Å². The fourth-order valence-corrected chi connectivity index (χ4v) is 5.96. The second kappa shape index (κ2) is 15.9. The van der Waals surface area contributed by atoms with Crippen LogP contribution >= 0.6 is 0 Å². The molecule has 2 amide bonds. The van der Waals surface area contributed by atoms with E-state index < -0.39 is 23.5 Å². The summed E-state index contributed by atoms with van der Waals surface area (Å²) in [6.45, 7) is 4.53. The second-order valence-corrected chi connectivity index (χ2v) is 12.6. The molecule has 0 heterocycles. The van der Waals surface area contributed by atoms with E-state index in [0.717, 1.165) is 38.6 Å². The summed E-state index contributed by atoms with van der Waals surface area (Å²) in [7, 11) is 0. The van der Waals surface area contributed by atoms with Crippen molar-refractivity contribution in [2.24, 2.45) is 5.92 Å². The number of nitrogens with one attached hydrogen (secondary N) is 1. The van der Waals surface area contributed by atoms with E-state index in [9.17, 15) is 19.5 Å². The van der Waals surface area contributed by atoms with Crippen LogP contribution in [0.5, 0.6) is 0 Å². The molecule has 0 radical (unpaired) electrons. The third-order valence-electron chi connectivity index (χ3n) is 8.37. The average Bonchev–Trinajstić information content (AvgIpc) is 3.10. The van der Waals surface area contributed by atoms with Crippen LogP contribution in [0.2, 0.25) is 0 Å². The first kappa shape index (κ1) is 33.9. The van der Waals surface area contributed by atoms with Crippen LogP contribution in [-0.2, 0) is 33.8 Å². The maximum absolute atomic E-state index is 13.9. The highest BCUT2D eigenvalue weighted by Gasteiger charge is 2.41. The number of carbonyl (C=O) groups is 3. The van der Waals surface area contributed by atoms with E-state index in [-0.39, 0.29) is 38.3 Å². The lowest BCUT2D eigenvalue weighted by Gasteiger charge is -2.34. The van der Waals surface area contributed by atoms with Gasteiger partial charge in [0.2, 0.25) is 0 Å². The fourth-order valence-electron chi connectivity index (χ4n) is 5.96. The Morgan fingerprint density at radius 2 is 1.31 bits per heavy atom. The molecule has 1 atom stereocenters. The summed E-state index contributed by atoms with van der Waals surface area (Å²) in [5, 5.41) is 16.0. The molecule has 7 nitrogen and oxygen atoms in total. The standard InChI is InChI=1S/C41H42N2O5/c1-30(2)28-43(25-24-38(44)48-29-33-14-7-4-8-15-33)40(47)42-41(39(45)46,26-31-12-5-3-6-13-31)27-32-20-22-35(23-21-32)37-19-11-17-34-16-9-10-18-36(34)37/h3-23,30H,24-29H2,1-2H3,(H,42,47)(H,45,46)/t41-/m0/s1. The normalized spacial score (nSPS) is 12.3. The molecule has 0 aliphatic rings. The molecule has 0 aliphatic heterocycles. The van der Waals surface area contributed by atoms with Gasteiger partial charge < -0.3 is 20.1 Å². The van der Waals surface area contributed by atoms with Gasteiger partial charge in [0, 0.05) is 25.9 Å². The highest BCUT2D eigenvalue weighted by molar-refractivity contribution is 5.96. The number of fused-ring (bicyclic) bond motifs is 1. The van der Waals surface area contributed by atoms with Crippen LogP contribution in [0.25, 0.3) is 21.9 Å². The Bertz CT molecular complexity index is 1820. The largest absolute Gasteiger partial charge is 0.479 e. The molecule has 0 saturated heterocycles. The number of hydrogen-bond donors (Lipinski definition) is 2. The van der Waals surface area contributed by atoms with Gasteiger partial charge >= 0.3 is 18.0 Å². The molecule has 5 rings (SSSR count). The van der Waals surface area contributed by atoms with Gasteiger partial charge in [-0.25, -0.2) is 9.59 Å². The number of aliphatic carboxylic acids is 1. The molecule has 0 bridgehead atoms. The minimum atomic E-state index is -1.65. The van der Waals surface area contributed by atoms with E-state index in [0.29, 0.717) is 6.54 Å². The highest BCUT2D eigenvalue weighted by atomic mass is 16.5. The molecular weight excluding hydrogens is 600 g/mol. The third kappa shape index (κ3) is 8.88. The predicted molar refractivity (Wildman–Crippen MR) is 189 cm³/mol. The number of amides is 2. The van der Waals surface area contributed by atoms with E-state index in [1.54, 1.807) is 0 Å². The van der Waals surface area contributed by atoms with Gasteiger partial charge in [0.25, 0.3) is 0 Å². The summed E-state index contributed by atoms with van der Waals surface area (Å²) in [4.78, 5) is 41.3. The van der Waals surface area contributed by atoms with Crippen LogP contribution in [0.4, 0.5) is 4.79 Å². The number of ether oxygens (including phenoxy) is 1.